The number of aryl methyl sites for hydroxylation is 2. The Bertz CT molecular complexity index is 1410. The van der Waals surface area contributed by atoms with Gasteiger partial charge < -0.3 is 24.7 Å². The maximum absolute atomic E-state index is 12.8. The maximum Gasteiger partial charge on any atom is 0.274 e. The molecular weight excluding hydrogens is 442 g/mol. The van der Waals surface area contributed by atoms with E-state index in [1.54, 1.807) is 39.4 Å². The number of aromatic nitrogens is 4. The molecule has 0 fully saturated rings. The second-order valence-electron chi connectivity index (χ2n) is 8.23. The van der Waals surface area contributed by atoms with Crippen LogP contribution in [0.25, 0.3) is 21.3 Å². The van der Waals surface area contributed by atoms with Gasteiger partial charge in [-0.05, 0) is 39.8 Å². The standard InChI is InChI=1S/C23H25N5O4S/c1-6-24-18(29)15-10-13-14(11-28(5)21(30)16(13)26-15)17-20(27-22(33-17)23(3,4)31)32-19-12(2)8-7-9-25-19/h7-11,26,31H,6H2,1-5H3,(H,24,29). The number of nitrogens with zero attached hydrogens (tertiary/aromatic N) is 3. The molecule has 172 valence electrons. The number of hydrogen-bond acceptors (Lipinski definition) is 7. The molecule has 1 amide bonds. The minimum atomic E-state index is -1.20. The molecule has 33 heavy (non-hydrogen) atoms. The topological polar surface area (TPSA) is 122 Å². The Hall–Kier alpha value is -3.50. The first-order valence-electron chi connectivity index (χ1n) is 10.4. The van der Waals surface area contributed by atoms with E-state index in [9.17, 15) is 14.7 Å². The van der Waals surface area contributed by atoms with Crippen LogP contribution < -0.4 is 15.6 Å². The van der Waals surface area contributed by atoms with Crippen molar-refractivity contribution in [3.8, 4) is 22.2 Å². The summed E-state index contributed by atoms with van der Waals surface area (Å²) in [7, 11) is 1.64. The van der Waals surface area contributed by atoms with E-state index in [-0.39, 0.29) is 23.0 Å². The summed E-state index contributed by atoms with van der Waals surface area (Å²) in [6.07, 6.45) is 3.31. The predicted octanol–water partition coefficient (Wildman–Crippen LogP) is 3.46. The lowest BCUT2D eigenvalue weighted by molar-refractivity contribution is 0.0778. The first-order valence-corrected chi connectivity index (χ1v) is 11.3. The summed E-state index contributed by atoms with van der Waals surface area (Å²) in [5, 5.41) is 14.3. The third kappa shape index (κ3) is 4.27. The van der Waals surface area contributed by atoms with E-state index in [2.05, 4.69) is 20.3 Å². The summed E-state index contributed by atoms with van der Waals surface area (Å²) >= 11 is 1.26. The quantitative estimate of drug-likeness (QED) is 0.399. The van der Waals surface area contributed by atoms with Crippen LogP contribution in [-0.4, -0.2) is 37.1 Å². The molecule has 4 rings (SSSR count). The Balaban J connectivity index is 1.96. The number of carbonyl (C=O) groups is 1. The molecule has 0 aliphatic carbocycles. The number of thiazole rings is 1. The summed E-state index contributed by atoms with van der Waals surface area (Å²) < 4.78 is 7.52. The fraction of sp³-hybridized carbons (Fsp3) is 0.304. The van der Waals surface area contributed by atoms with Gasteiger partial charge in [-0.3, -0.25) is 9.59 Å². The number of aromatic amines is 1. The normalized spacial score (nSPS) is 11.7. The average Bonchev–Trinajstić information content (AvgIpc) is 3.38. The van der Waals surface area contributed by atoms with E-state index < -0.39 is 5.60 Å². The number of H-pyrrole nitrogens is 1. The van der Waals surface area contributed by atoms with Crippen LogP contribution in [0.5, 0.6) is 11.8 Å². The molecule has 0 saturated heterocycles. The molecule has 0 aliphatic heterocycles. The predicted molar refractivity (Wildman–Crippen MR) is 127 cm³/mol. The minimum absolute atomic E-state index is 0.264. The molecule has 0 aromatic carbocycles. The number of fused-ring (bicyclic) bond motifs is 1. The molecule has 3 N–H and O–H groups in total. The lowest BCUT2D eigenvalue weighted by Crippen LogP contribution is -2.23. The van der Waals surface area contributed by atoms with Gasteiger partial charge in [0.25, 0.3) is 11.5 Å². The van der Waals surface area contributed by atoms with Gasteiger partial charge in [-0.1, -0.05) is 6.07 Å². The lowest BCUT2D eigenvalue weighted by Gasteiger charge is -2.12. The van der Waals surface area contributed by atoms with Crippen molar-refractivity contribution in [3.05, 3.63) is 57.2 Å². The first kappa shape index (κ1) is 22.7. The van der Waals surface area contributed by atoms with Crippen LogP contribution in [0.3, 0.4) is 0 Å². The molecule has 0 saturated carbocycles. The summed E-state index contributed by atoms with van der Waals surface area (Å²) in [4.78, 5) is 37.6. The number of pyridine rings is 2. The smallest absolute Gasteiger partial charge is 0.274 e. The number of amides is 1. The molecule has 0 radical (unpaired) electrons. The monoisotopic (exact) mass is 467 g/mol. The van der Waals surface area contributed by atoms with E-state index in [1.165, 1.54) is 15.9 Å². The van der Waals surface area contributed by atoms with Crippen molar-refractivity contribution in [2.24, 2.45) is 7.05 Å². The van der Waals surface area contributed by atoms with Crippen LogP contribution in [0, 0.1) is 6.92 Å². The highest BCUT2D eigenvalue weighted by Crippen LogP contribution is 2.43. The van der Waals surface area contributed by atoms with Crippen LogP contribution in [0.2, 0.25) is 0 Å². The molecule has 10 heteroatoms. The average molecular weight is 468 g/mol. The molecule has 0 aliphatic rings. The Morgan fingerprint density at radius 1 is 1.36 bits per heavy atom. The van der Waals surface area contributed by atoms with Crippen LogP contribution in [0.4, 0.5) is 0 Å². The van der Waals surface area contributed by atoms with E-state index >= 15 is 0 Å². The van der Waals surface area contributed by atoms with Crippen LogP contribution in [0.1, 0.15) is 41.8 Å². The second-order valence-corrected chi connectivity index (χ2v) is 9.23. The fourth-order valence-electron chi connectivity index (χ4n) is 3.37. The van der Waals surface area contributed by atoms with Crippen LogP contribution in [0.15, 0.2) is 35.4 Å². The number of ether oxygens (including phenoxy) is 1. The molecule has 0 spiro atoms. The molecule has 0 atom stereocenters. The highest BCUT2D eigenvalue weighted by Gasteiger charge is 2.28. The van der Waals surface area contributed by atoms with E-state index in [0.29, 0.717) is 38.8 Å². The highest BCUT2D eigenvalue weighted by molar-refractivity contribution is 7.15. The molecule has 4 aromatic heterocycles. The van der Waals surface area contributed by atoms with Gasteiger partial charge in [-0.2, -0.15) is 0 Å². The second kappa shape index (κ2) is 8.45. The van der Waals surface area contributed by atoms with E-state index in [1.807, 2.05) is 26.0 Å². The van der Waals surface area contributed by atoms with Crippen molar-refractivity contribution >= 4 is 28.1 Å². The Morgan fingerprint density at radius 3 is 2.79 bits per heavy atom. The van der Waals surface area contributed by atoms with Crippen molar-refractivity contribution in [1.29, 1.82) is 0 Å². The summed E-state index contributed by atoms with van der Waals surface area (Å²) in [5.74, 6) is 0.355. The van der Waals surface area contributed by atoms with Gasteiger partial charge in [0.05, 0.1) is 0 Å². The van der Waals surface area contributed by atoms with Gasteiger partial charge in [0.1, 0.15) is 26.7 Å². The summed E-state index contributed by atoms with van der Waals surface area (Å²) in [6, 6.07) is 5.34. The molecular formula is C23H25N5O4S. The van der Waals surface area contributed by atoms with Gasteiger partial charge in [0.15, 0.2) is 0 Å². The van der Waals surface area contributed by atoms with Crippen LogP contribution >= 0.6 is 11.3 Å². The van der Waals surface area contributed by atoms with Crippen molar-refractivity contribution in [2.75, 3.05) is 6.54 Å². The zero-order valence-electron chi connectivity index (χ0n) is 19.0. The van der Waals surface area contributed by atoms with Gasteiger partial charge in [0, 0.05) is 42.5 Å². The third-order valence-electron chi connectivity index (χ3n) is 5.07. The highest BCUT2D eigenvalue weighted by atomic mass is 32.1. The molecule has 4 aromatic rings. The van der Waals surface area contributed by atoms with E-state index in [4.69, 9.17) is 4.74 Å². The zero-order valence-corrected chi connectivity index (χ0v) is 19.8. The Kier molecular flexibility index (Phi) is 5.81. The van der Waals surface area contributed by atoms with Crippen molar-refractivity contribution in [3.63, 3.8) is 0 Å². The van der Waals surface area contributed by atoms with Crippen molar-refractivity contribution < 1.29 is 14.6 Å². The number of rotatable bonds is 6. The maximum atomic E-state index is 12.8. The SMILES string of the molecule is CCNC(=O)c1cc2c(-c3sc(C(C)(C)O)nc3Oc3ncccc3C)cn(C)c(=O)c2[nH]1. The molecule has 0 unspecified atom stereocenters. The summed E-state index contributed by atoms with van der Waals surface area (Å²) in [5.41, 5.74) is 0.591. The first-order chi connectivity index (χ1) is 15.6. The number of nitrogens with one attached hydrogen (secondary N) is 2. The van der Waals surface area contributed by atoms with Crippen molar-refractivity contribution in [2.45, 2.75) is 33.3 Å². The Labute approximate surface area is 194 Å². The molecule has 4 heterocycles. The third-order valence-corrected chi connectivity index (χ3v) is 6.45. The van der Waals surface area contributed by atoms with Gasteiger partial charge in [0.2, 0.25) is 11.8 Å². The van der Waals surface area contributed by atoms with Gasteiger partial charge >= 0.3 is 0 Å². The zero-order chi connectivity index (χ0) is 23.9. The molecule has 0 bridgehead atoms. The number of hydrogen-bond donors (Lipinski definition) is 3. The number of carbonyl (C=O) groups excluding carboxylic acids is 1. The van der Waals surface area contributed by atoms with Crippen LogP contribution in [-0.2, 0) is 12.6 Å². The largest absolute Gasteiger partial charge is 0.419 e. The minimum Gasteiger partial charge on any atom is -0.419 e. The van der Waals surface area contributed by atoms with Gasteiger partial charge in [-0.15, -0.1) is 11.3 Å². The van der Waals surface area contributed by atoms with E-state index in [0.717, 1.165) is 5.56 Å². The van der Waals surface area contributed by atoms with Crippen molar-refractivity contribution in [1.82, 2.24) is 24.8 Å². The fourth-order valence-corrected chi connectivity index (χ4v) is 4.39. The number of aliphatic hydroxyl groups is 1. The van der Waals surface area contributed by atoms with Gasteiger partial charge in [-0.25, -0.2) is 9.97 Å². The lowest BCUT2D eigenvalue weighted by atomic mass is 10.1. The summed E-state index contributed by atoms with van der Waals surface area (Å²) in [6.45, 7) is 7.45. The molecule has 9 nitrogen and oxygen atoms in total. The Morgan fingerprint density at radius 2 is 2.12 bits per heavy atom.